The van der Waals surface area contributed by atoms with Crippen molar-refractivity contribution in [1.29, 1.82) is 0 Å². The van der Waals surface area contributed by atoms with E-state index in [1.807, 2.05) is 0 Å². The number of alkyl halides is 3. The third-order valence-electron chi connectivity index (χ3n) is 1.26. The lowest BCUT2D eigenvalue weighted by Gasteiger charge is -2.30. The van der Waals surface area contributed by atoms with Gasteiger partial charge in [-0.3, -0.25) is 9.80 Å². The predicted molar refractivity (Wildman–Crippen MR) is 55.9 cm³/mol. The zero-order valence-corrected chi connectivity index (χ0v) is 9.70. The van der Waals surface area contributed by atoms with Crippen molar-refractivity contribution in [2.45, 2.75) is 3.79 Å². The van der Waals surface area contributed by atoms with Gasteiger partial charge in [0.15, 0.2) is 0 Å². The van der Waals surface area contributed by atoms with E-state index in [1.165, 1.54) is 10.0 Å². The molecule has 0 heterocycles. The molecule has 3 nitrogen and oxygen atoms in total. The predicted octanol–water partition coefficient (Wildman–Crippen LogP) is 1.85. The molecule has 13 heavy (non-hydrogen) atoms. The first kappa shape index (κ1) is 13.0. The van der Waals surface area contributed by atoms with Gasteiger partial charge in [-0.25, -0.2) is 5.01 Å². The van der Waals surface area contributed by atoms with Gasteiger partial charge in [-0.15, -0.1) is 6.58 Å². The highest BCUT2D eigenvalue weighted by atomic mass is 35.6. The molecule has 0 radical (unpaired) electrons. The first-order chi connectivity index (χ1) is 5.80. The summed E-state index contributed by atoms with van der Waals surface area (Å²) in [6.07, 6.45) is 1.55. The minimum Gasteiger partial charge on any atom is -0.268 e. The minimum absolute atomic E-state index is 0.305. The highest BCUT2D eigenvalue weighted by Crippen LogP contribution is 2.28. The fourth-order valence-electron chi connectivity index (χ4n) is 0.696. The zero-order chi connectivity index (χ0) is 10.6. The van der Waals surface area contributed by atoms with Gasteiger partial charge in [0.1, 0.15) is 0 Å². The Morgan fingerprint density at radius 2 is 1.92 bits per heavy atom. The molecule has 6 heteroatoms. The first-order valence-electron chi connectivity index (χ1n) is 3.47. The van der Waals surface area contributed by atoms with Crippen LogP contribution in [0.5, 0.6) is 0 Å². The van der Waals surface area contributed by atoms with Gasteiger partial charge in [0.05, 0.1) is 6.54 Å². The van der Waals surface area contributed by atoms with Crippen molar-refractivity contribution < 1.29 is 4.79 Å². The van der Waals surface area contributed by atoms with Gasteiger partial charge in [-0.05, 0) is 0 Å². The number of halogens is 3. The molecule has 0 fully saturated rings. The summed E-state index contributed by atoms with van der Waals surface area (Å²) in [5.41, 5.74) is 0. The van der Waals surface area contributed by atoms with Gasteiger partial charge >= 0.3 is 0 Å². The third-order valence-corrected chi connectivity index (χ3v) is 1.75. The van der Waals surface area contributed by atoms with Crippen LogP contribution in [0.15, 0.2) is 12.7 Å². The van der Waals surface area contributed by atoms with E-state index in [0.717, 1.165) is 0 Å². The Morgan fingerprint density at radius 1 is 1.46 bits per heavy atom. The van der Waals surface area contributed by atoms with E-state index >= 15 is 0 Å². The van der Waals surface area contributed by atoms with E-state index < -0.39 is 9.70 Å². The Labute approximate surface area is 92.8 Å². The number of hydrogen-bond acceptors (Lipinski definition) is 2. The van der Waals surface area contributed by atoms with Crippen LogP contribution >= 0.6 is 34.8 Å². The second-order valence-electron chi connectivity index (χ2n) is 2.52. The molecule has 0 N–H and O–H groups in total. The summed E-state index contributed by atoms with van der Waals surface area (Å²) in [4.78, 5) is 11.4. The van der Waals surface area contributed by atoms with Crippen LogP contribution in [0.1, 0.15) is 0 Å². The maximum absolute atomic E-state index is 11.4. The molecular weight excluding hydrogens is 234 g/mol. The summed E-state index contributed by atoms with van der Waals surface area (Å²) in [6, 6.07) is 0. The summed E-state index contributed by atoms with van der Waals surface area (Å²) in [6.45, 7) is 3.80. The minimum atomic E-state index is -1.92. The molecular formula is C7H11Cl3N2O. The molecule has 0 spiro atoms. The quantitative estimate of drug-likeness (QED) is 0.430. The largest absolute Gasteiger partial charge is 0.289 e. The van der Waals surface area contributed by atoms with E-state index in [9.17, 15) is 4.79 Å². The van der Waals surface area contributed by atoms with E-state index in [-0.39, 0.29) is 0 Å². The second kappa shape index (κ2) is 5.05. The van der Waals surface area contributed by atoms with Gasteiger partial charge in [0.2, 0.25) is 0 Å². The number of hydrazine groups is 1. The van der Waals surface area contributed by atoms with Crippen LogP contribution in [0.2, 0.25) is 0 Å². The average Bonchev–Trinajstić information content (AvgIpc) is 1.96. The van der Waals surface area contributed by atoms with Crippen LogP contribution < -0.4 is 0 Å². The summed E-state index contributed by atoms with van der Waals surface area (Å²) < 4.78 is -1.92. The maximum Gasteiger partial charge on any atom is 0.289 e. The van der Waals surface area contributed by atoms with Gasteiger partial charge in [-0.1, -0.05) is 40.9 Å². The second-order valence-corrected chi connectivity index (χ2v) is 4.80. The number of carbonyl (C=O) groups is 1. The molecule has 0 saturated heterocycles. The molecule has 0 atom stereocenters. The molecule has 0 bridgehead atoms. The molecule has 0 aromatic carbocycles. The lowest BCUT2D eigenvalue weighted by atomic mass is 10.5. The lowest BCUT2D eigenvalue weighted by Crippen LogP contribution is -2.47. The van der Waals surface area contributed by atoms with Crippen molar-refractivity contribution in [2.24, 2.45) is 0 Å². The highest BCUT2D eigenvalue weighted by molar-refractivity contribution is 6.76. The Balaban J connectivity index is 4.56. The summed E-state index contributed by atoms with van der Waals surface area (Å²) in [7, 11) is 3.36. The van der Waals surface area contributed by atoms with Crippen LogP contribution in [-0.4, -0.2) is 40.4 Å². The molecule has 0 saturated carbocycles. The molecule has 0 unspecified atom stereocenters. The van der Waals surface area contributed by atoms with Gasteiger partial charge < -0.3 is 0 Å². The van der Waals surface area contributed by atoms with E-state index in [1.54, 1.807) is 20.2 Å². The van der Waals surface area contributed by atoms with Crippen LogP contribution in [0.25, 0.3) is 0 Å². The molecule has 1 amide bonds. The Morgan fingerprint density at radius 3 is 2.15 bits per heavy atom. The summed E-state index contributed by atoms with van der Waals surface area (Å²) in [5.74, 6) is -0.595. The maximum atomic E-state index is 11.4. The van der Waals surface area contributed by atoms with E-state index in [0.29, 0.717) is 6.54 Å². The fraction of sp³-hybridized carbons (Fsp3) is 0.571. The normalized spacial score (nSPS) is 11.5. The molecule has 0 rings (SSSR count). The Hall–Kier alpha value is 0.0400. The topological polar surface area (TPSA) is 23.6 Å². The Kier molecular flexibility index (Phi) is 5.07. The van der Waals surface area contributed by atoms with Crippen LogP contribution in [0, 0.1) is 0 Å². The number of nitrogens with zero attached hydrogens (tertiary/aromatic N) is 2. The van der Waals surface area contributed by atoms with E-state index in [4.69, 9.17) is 34.8 Å². The van der Waals surface area contributed by atoms with E-state index in [2.05, 4.69) is 6.58 Å². The number of carbonyl (C=O) groups excluding carboxylic acids is 1. The first-order valence-corrected chi connectivity index (χ1v) is 4.61. The average molecular weight is 246 g/mol. The SMILES string of the molecule is C=CCN(C(=O)C(Cl)(Cl)Cl)N(C)C. The summed E-state index contributed by atoms with van der Waals surface area (Å²) >= 11 is 16.3. The molecule has 0 aliphatic rings. The standard InChI is InChI=1S/C7H11Cl3N2O/c1-4-5-12(11(2)3)6(13)7(8,9)10/h4H,1,5H2,2-3H3. The van der Waals surface area contributed by atoms with Crippen molar-refractivity contribution in [2.75, 3.05) is 20.6 Å². The van der Waals surface area contributed by atoms with Crippen LogP contribution in [-0.2, 0) is 4.79 Å². The smallest absolute Gasteiger partial charge is 0.268 e. The van der Waals surface area contributed by atoms with Crippen LogP contribution in [0.3, 0.4) is 0 Å². The molecule has 76 valence electrons. The summed E-state index contributed by atoms with van der Waals surface area (Å²) in [5, 5.41) is 2.81. The van der Waals surface area contributed by atoms with Crippen molar-refractivity contribution >= 4 is 40.7 Å². The molecule has 0 aliphatic heterocycles. The fourth-order valence-corrected chi connectivity index (χ4v) is 0.989. The number of amides is 1. The van der Waals surface area contributed by atoms with Crippen molar-refractivity contribution in [3.63, 3.8) is 0 Å². The lowest BCUT2D eigenvalue weighted by molar-refractivity contribution is -0.142. The van der Waals surface area contributed by atoms with Crippen molar-refractivity contribution in [3.8, 4) is 0 Å². The van der Waals surface area contributed by atoms with Gasteiger partial charge in [0.25, 0.3) is 9.70 Å². The van der Waals surface area contributed by atoms with Gasteiger partial charge in [-0.2, -0.15) is 0 Å². The van der Waals surface area contributed by atoms with Gasteiger partial charge in [0, 0.05) is 14.1 Å². The highest BCUT2D eigenvalue weighted by Gasteiger charge is 2.35. The van der Waals surface area contributed by atoms with Crippen molar-refractivity contribution in [3.05, 3.63) is 12.7 Å². The van der Waals surface area contributed by atoms with Crippen LogP contribution in [0.4, 0.5) is 0 Å². The molecule has 0 aliphatic carbocycles. The third kappa shape index (κ3) is 4.18. The Bertz CT molecular complexity index is 200. The number of rotatable bonds is 3. The van der Waals surface area contributed by atoms with Crippen molar-refractivity contribution in [1.82, 2.24) is 10.0 Å². The monoisotopic (exact) mass is 244 g/mol. The molecule has 0 aromatic rings. The zero-order valence-electron chi connectivity index (χ0n) is 7.43. The molecule has 0 aromatic heterocycles. The number of hydrogen-bond donors (Lipinski definition) is 0.